The van der Waals surface area contributed by atoms with Crippen LogP contribution in [-0.4, -0.2) is 28.2 Å². The van der Waals surface area contributed by atoms with Crippen LogP contribution in [0.4, 0.5) is 5.69 Å². The minimum absolute atomic E-state index is 0.0559. The number of nitro groups is 1. The molecule has 0 radical (unpaired) electrons. The third kappa shape index (κ3) is 7.95. The highest BCUT2D eigenvalue weighted by atomic mass is 32.2. The van der Waals surface area contributed by atoms with E-state index in [1.807, 2.05) is 68.4 Å². The molecule has 0 atom stereocenters. The molecule has 0 heterocycles. The number of non-ortho nitro benzene ring substituents is 1. The second-order valence-electron chi connectivity index (χ2n) is 9.65. The third-order valence-corrected chi connectivity index (χ3v) is 7.65. The molecule has 45 heavy (non-hydrogen) atoms. The lowest BCUT2D eigenvalue weighted by Gasteiger charge is -2.09. The van der Waals surface area contributed by atoms with E-state index in [9.17, 15) is 24.5 Å². The molecule has 226 valence electrons. The largest absolute Gasteiger partial charge is 0.332 e. The third-order valence-electron chi connectivity index (χ3n) is 6.64. The summed E-state index contributed by atoms with van der Waals surface area (Å²) in [6.07, 6.45) is 0. The lowest BCUT2D eigenvalue weighted by molar-refractivity contribution is -0.384. The summed E-state index contributed by atoms with van der Waals surface area (Å²) in [4.78, 5) is 55.0. The van der Waals surface area contributed by atoms with Crippen LogP contribution in [0.3, 0.4) is 0 Å². The summed E-state index contributed by atoms with van der Waals surface area (Å²) >= 11 is 1.47. The molecule has 8 nitrogen and oxygen atoms in total. The van der Waals surface area contributed by atoms with Crippen LogP contribution in [0.25, 0.3) is 10.8 Å². The first-order valence-corrected chi connectivity index (χ1v) is 15.0. The summed E-state index contributed by atoms with van der Waals surface area (Å²) in [5.41, 5.74) is 1.98. The topological polar surface area (TPSA) is 116 Å². The zero-order valence-corrected chi connectivity index (χ0v) is 26.0. The quantitative estimate of drug-likeness (QED) is 0.0534. The minimum Gasteiger partial charge on any atom is -0.318 e. The first-order valence-electron chi connectivity index (χ1n) is 14.2. The molecule has 0 aliphatic heterocycles. The fraction of sp³-hybridized carbons (Fsp3) is 0.111. The molecule has 9 heteroatoms. The Labute approximate surface area is 264 Å². The number of nitrogens with zero attached hydrogens (tertiary/aromatic N) is 2. The van der Waals surface area contributed by atoms with Gasteiger partial charge in [-0.15, -0.1) is 0 Å². The van der Waals surface area contributed by atoms with Gasteiger partial charge in [0.2, 0.25) is 5.78 Å². The van der Waals surface area contributed by atoms with E-state index in [1.54, 1.807) is 43.3 Å². The highest BCUT2D eigenvalue weighted by Crippen LogP contribution is 2.29. The maximum Gasteiger partial charge on any atom is 0.332 e. The Morgan fingerprint density at radius 3 is 1.89 bits per heavy atom. The fourth-order valence-corrected chi connectivity index (χ4v) is 5.29. The summed E-state index contributed by atoms with van der Waals surface area (Å²) in [5.74, 6) is -1.27. The second-order valence-corrected chi connectivity index (χ2v) is 10.8. The van der Waals surface area contributed by atoms with Gasteiger partial charge in [-0.25, -0.2) is 4.79 Å². The molecule has 0 N–H and O–H groups in total. The van der Waals surface area contributed by atoms with Crippen LogP contribution >= 0.6 is 11.8 Å². The van der Waals surface area contributed by atoms with Gasteiger partial charge in [-0.2, -0.15) is 0 Å². The molecule has 0 fully saturated rings. The van der Waals surface area contributed by atoms with Crippen molar-refractivity contribution in [2.75, 3.05) is 0 Å². The number of carbonyl (C=O) groups excluding carboxylic acids is 3. The van der Waals surface area contributed by atoms with E-state index in [0.717, 1.165) is 27.5 Å². The van der Waals surface area contributed by atoms with Crippen molar-refractivity contribution in [3.8, 4) is 0 Å². The SMILES string of the molecule is CC.CC(=O)O/N=C(\C(=O)c1ccc(Sc2ccc(C(=O)c3ccc4ccccc4c3)cc2)cc1)c1ccc([N+](=O)[O-])cc1C. The maximum atomic E-state index is 13.4. The predicted molar refractivity (Wildman–Crippen MR) is 176 cm³/mol. The van der Waals surface area contributed by atoms with Crippen molar-refractivity contribution >= 4 is 51.5 Å². The van der Waals surface area contributed by atoms with E-state index < -0.39 is 16.7 Å². The number of ketones is 2. The van der Waals surface area contributed by atoms with Gasteiger partial charge in [0, 0.05) is 51.1 Å². The molecular weight excluding hydrogens is 588 g/mol. The lowest BCUT2D eigenvalue weighted by atomic mass is 9.97. The van der Waals surface area contributed by atoms with Crippen LogP contribution in [0.1, 0.15) is 58.2 Å². The van der Waals surface area contributed by atoms with Crippen molar-refractivity contribution in [2.24, 2.45) is 5.16 Å². The standard InChI is InChI=1S/C34H24N2O6S.C2H6/c1-21-19-28(36(40)41)13-18-31(21)32(35-42-22(2)37)34(39)25-11-16-30(17-12-25)43-29-14-9-24(10-15-29)33(38)27-8-7-23-5-3-4-6-26(23)20-27;1-2/h3-20H,1-2H3;1-2H3/b35-32-;. The average Bonchev–Trinajstić information content (AvgIpc) is 3.06. The molecule has 0 aliphatic rings. The molecule has 0 spiro atoms. The molecule has 5 aromatic rings. The van der Waals surface area contributed by atoms with E-state index >= 15 is 0 Å². The Morgan fingerprint density at radius 2 is 1.31 bits per heavy atom. The van der Waals surface area contributed by atoms with Crippen LogP contribution < -0.4 is 0 Å². The van der Waals surface area contributed by atoms with Gasteiger partial charge in [0.25, 0.3) is 5.69 Å². The molecule has 0 amide bonds. The van der Waals surface area contributed by atoms with Crippen LogP contribution in [0, 0.1) is 17.0 Å². The molecule has 0 bridgehead atoms. The van der Waals surface area contributed by atoms with E-state index in [4.69, 9.17) is 4.84 Å². The van der Waals surface area contributed by atoms with Gasteiger partial charge in [-0.05, 0) is 83.9 Å². The molecule has 0 aliphatic carbocycles. The fourth-order valence-electron chi connectivity index (χ4n) is 4.47. The smallest absolute Gasteiger partial charge is 0.318 e. The summed E-state index contributed by atoms with van der Waals surface area (Å²) in [6.45, 7) is 6.77. The van der Waals surface area contributed by atoms with Crippen molar-refractivity contribution in [3.05, 3.63) is 147 Å². The Kier molecular flexibility index (Phi) is 10.7. The minimum atomic E-state index is -0.707. The number of benzene rings is 5. The second kappa shape index (κ2) is 14.9. The van der Waals surface area contributed by atoms with Gasteiger partial charge in [0.15, 0.2) is 11.5 Å². The van der Waals surface area contributed by atoms with Gasteiger partial charge >= 0.3 is 5.97 Å². The molecule has 5 rings (SSSR count). The zero-order valence-electron chi connectivity index (χ0n) is 25.1. The monoisotopic (exact) mass is 618 g/mol. The molecular formula is C36H30N2O6S. The summed E-state index contributed by atoms with van der Waals surface area (Å²) < 4.78 is 0. The number of aryl methyl sites for hydroxylation is 1. The number of nitro benzene ring substituents is 1. The van der Waals surface area contributed by atoms with Crippen molar-refractivity contribution < 1.29 is 24.1 Å². The normalized spacial score (nSPS) is 10.9. The highest BCUT2D eigenvalue weighted by molar-refractivity contribution is 7.99. The molecule has 0 unspecified atom stereocenters. The Bertz CT molecular complexity index is 1920. The van der Waals surface area contributed by atoms with E-state index in [0.29, 0.717) is 27.8 Å². The molecule has 5 aromatic carbocycles. The Morgan fingerprint density at radius 1 is 0.733 bits per heavy atom. The number of hydrogen-bond acceptors (Lipinski definition) is 8. The van der Waals surface area contributed by atoms with Gasteiger partial charge in [-0.3, -0.25) is 19.7 Å². The first kappa shape index (κ1) is 32.5. The molecule has 0 aromatic heterocycles. The average molecular weight is 619 g/mol. The molecule has 0 saturated carbocycles. The van der Waals surface area contributed by atoms with Gasteiger partial charge in [0.05, 0.1) is 4.92 Å². The summed E-state index contributed by atoms with van der Waals surface area (Å²) in [5, 5.41) is 17.0. The van der Waals surface area contributed by atoms with Crippen molar-refractivity contribution in [1.82, 2.24) is 0 Å². The van der Waals surface area contributed by atoms with E-state index in [2.05, 4.69) is 5.16 Å². The number of Topliss-reactive ketones (excluding diaryl/α,β-unsaturated/α-hetero) is 1. The number of oxime groups is 1. The predicted octanol–water partition coefficient (Wildman–Crippen LogP) is 8.61. The number of rotatable bonds is 9. The van der Waals surface area contributed by atoms with Gasteiger partial charge < -0.3 is 4.84 Å². The number of fused-ring (bicyclic) bond motifs is 1. The number of hydrogen-bond donors (Lipinski definition) is 0. The van der Waals surface area contributed by atoms with Crippen molar-refractivity contribution in [1.29, 1.82) is 0 Å². The highest BCUT2D eigenvalue weighted by Gasteiger charge is 2.21. The van der Waals surface area contributed by atoms with Gasteiger partial charge in [0.1, 0.15) is 0 Å². The number of carbonyl (C=O) groups is 3. The van der Waals surface area contributed by atoms with Crippen molar-refractivity contribution in [3.63, 3.8) is 0 Å². The van der Waals surface area contributed by atoms with E-state index in [1.165, 1.54) is 30.0 Å². The Balaban J connectivity index is 0.00000226. The van der Waals surface area contributed by atoms with Gasteiger partial charge in [-0.1, -0.05) is 67.2 Å². The summed E-state index contributed by atoms with van der Waals surface area (Å²) in [6, 6.07) is 31.7. The summed E-state index contributed by atoms with van der Waals surface area (Å²) in [7, 11) is 0. The lowest BCUT2D eigenvalue weighted by Crippen LogP contribution is -2.18. The maximum absolute atomic E-state index is 13.4. The van der Waals surface area contributed by atoms with Crippen LogP contribution in [-0.2, 0) is 9.63 Å². The van der Waals surface area contributed by atoms with Crippen LogP contribution in [0.2, 0.25) is 0 Å². The van der Waals surface area contributed by atoms with Crippen LogP contribution in [0.5, 0.6) is 0 Å². The van der Waals surface area contributed by atoms with Crippen molar-refractivity contribution in [2.45, 2.75) is 37.5 Å². The van der Waals surface area contributed by atoms with Crippen LogP contribution in [0.15, 0.2) is 124 Å². The molecule has 0 saturated heterocycles. The Hall–Kier alpha value is -5.41. The first-order chi connectivity index (χ1) is 21.7. The zero-order chi connectivity index (χ0) is 32.5. The van der Waals surface area contributed by atoms with E-state index in [-0.39, 0.29) is 17.2 Å².